The van der Waals surface area contributed by atoms with Gasteiger partial charge in [-0.25, -0.2) is 4.79 Å². The highest BCUT2D eigenvalue weighted by molar-refractivity contribution is 5.97. The molecule has 1 saturated heterocycles. The zero-order valence-electron chi connectivity index (χ0n) is 11.3. The van der Waals surface area contributed by atoms with Crippen LogP contribution in [0, 0.1) is 0 Å². The lowest BCUT2D eigenvalue weighted by Crippen LogP contribution is -2.43. The van der Waals surface area contributed by atoms with Gasteiger partial charge < -0.3 is 19.7 Å². The number of hydrogen-bond donors (Lipinski definition) is 2. The van der Waals surface area contributed by atoms with Crippen LogP contribution in [0.25, 0.3) is 0 Å². The number of furan rings is 1. The molecule has 1 aromatic heterocycles. The molecule has 0 spiro atoms. The predicted octanol–water partition coefficient (Wildman–Crippen LogP) is 0.717. The molecule has 7 nitrogen and oxygen atoms in total. The second kappa shape index (κ2) is 5.36. The molecule has 1 aliphatic heterocycles. The lowest BCUT2D eigenvalue weighted by molar-refractivity contribution is -0.130. The van der Waals surface area contributed by atoms with Crippen molar-refractivity contribution in [3.05, 3.63) is 23.7 Å². The molecule has 1 atom stereocenters. The Labute approximate surface area is 115 Å². The van der Waals surface area contributed by atoms with Crippen LogP contribution in [-0.2, 0) is 4.79 Å². The number of aromatic carboxylic acids is 1. The van der Waals surface area contributed by atoms with E-state index in [1.807, 2.05) is 13.8 Å². The average molecular weight is 280 g/mol. The number of rotatable bonds is 4. The molecule has 0 bridgehead atoms. The lowest BCUT2D eigenvalue weighted by Gasteiger charge is -2.20. The van der Waals surface area contributed by atoms with Crippen LogP contribution in [0.4, 0.5) is 0 Å². The third kappa shape index (κ3) is 2.66. The maximum atomic E-state index is 12.0. The van der Waals surface area contributed by atoms with E-state index < -0.39 is 17.9 Å². The van der Waals surface area contributed by atoms with Crippen molar-refractivity contribution in [1.82, 2.24) is 10.2 Å². The van der Waals surface area contributed by atoms with Gasteiger partial charge in [-0.15, -0.1) is 0 Å². The molecule has 1 aromatic rings. The molecular weight excluding hydrogens is 264 g/mol. The van der Waals surface area contributed by atoms with Gasteiger partial charge in [-0.05, 0) is 32.4 Å². The first-order valence-electron chi connectivity index (χ1n) is 6.34. The van der Waals surface area contributed by atoms with Crippen molar-refractivity contribution in [1.29, 1.82) is 0 Å². The smallest absolute Gasteiger partial charge is 0.371 e. The predicted molar refractivity (Wildman–Crippen MR) is 68.4 cm³/mol. The summed E-state index contributed by atoms with van der Waals surface area (Å²) in [6.45, 7) is 4.42. The van der Waals surface area contributed by atoms with Gasteiger partial charge in [0.2, 0.25) is 11.7 Å². The summed E-state index contributed by atoms with van der Waals surface area (Å²) in [5.41, 5.74) is 0. The zero-order valence-corrected chi connectivity index (χ0v) is 11.3. The van der Waals surface area contributed by atoms with Crippen LogP contribution in [0.1, 0.15) is 41.4 Å². The molecular formula is C13H16N2O5. The second-order valence-corrected chi connectivity index (χ2v) is 4.91. The fourth-order valence-corrected chi connectivity index (χ4v) is 2.15. The minimum atomic E-state index is -1.24. The third-order valence-corrected chi connectivity index (χ3v) is 3.21. The number of nitrogens with zero attached hydrogens (tertiary/aromatic N) is 1. The number of hydrogen-bond acceptors (Lipinski definition) is 4. The van der Waals surface area contributed by atoms with Crippen LogP contribution in [0.3, 0.4) is 0 Å². The number of carboxylic acids is 1. The number of carboxylic acid groups (broad SMARTS) is 1. The summed E-state index contributed by atoms with van der Waals surface area (Å²) >= 11 is 0. The van der Waals surface area contributed by atoms with Crippen LogP contribution in [0.5, 0.6) is 0 Å². The Morgan fingerprint density at radius 3 is 2.55 bits per heavy atom. The van der Waals surface area contributed by atoms with E-state index in [2.05, 4.69) is 5.32 Å². The fraction of sp³-hybridized carbons (Fsp3) is 0.462. The molecule has 1 unspecified atom stereocenters. The molecule has 0 saturated carbocycles. The highest BCUT2D eigenvalue weighted by Gasteiger charge is 2.34. The topological polar surface area (TPSA) is 99.8 Å². The Balaban J connectivity index is 2.01. The standard InChI is InChI=1S/C13H16N2O5/c1-7(2)15-6-5-8(12(15)17)14-11(16)9-3-4-10(20-9)13(18)19/h3-4,7-8H,5-6H2,1-2H3,(H,14,16)(H,18,19). The van der Waals surface area contributed by atoms with Gasteiger partial charge in [0, 0.05) is 12.6 Å². The summed E-state index contributed by atoms with van der Waals surface area (Å²) in [6.07, 6.45) is 0.537. The molecule has 0 aliphatic carbocycles. The van der Waals surface area contributed by atoms with Crippen LogP contribution in [0.2, 0.25) is 0 Å². The molecule has 2 N–H and O–H groups in total. The number of carbonyl (C=O) groups is 3. The molecule has 2 heterocycles. The Morgan fingerprint density at radius 1 is 1.40 bits per heavy atom. The van der Waals surface area contributed by atoms with Gasteiger partial charge in [0.05, 0.1) is 0 Å². The largest absolute Gasteiger partial charge is 0.475 e. The quantitative estimate of drug-likeness (QED) is 0.846. The van der Waals surface area contributed by atoms with Crippen molar-refractivity contribution in [2.24, 2.45) is 0 Å². The number of likely N-dealkylation sites (tertiary alicyclic amines) is 1. The van der Waals surface area contributed by atoms with Gasteiger partial charge in [0.25, 0.3) is 5.91 Å². The van der Waals surface area contributed by atoms with Gasteiger partial charge >= 0.3 is 5.97 Å². The monoisotopic (exact) mass is 280 g/mol. The molecule has 7 heteroatoms. The Kier molecular flexibility index (Phi) is 3.78. The van der Waals surface area contributed by atoms with Crippen molar-refractivity contribution >= 4 is 17.8 Å². The van der Waals surface area contributed by atoms with Gasteiger partial charge in [-0.2, -0.15) is 0 Å². The second-order valence-electron chi connectivity index (χ2n) is 4.91. The van der Waals surface area contributed by atoms with Gasteiger partial charge in [-0.3, -0.25) is 9.59 Å². The molecule has 1 aliphatic rings. The fourth-order valence-electron chi connectivity index (χ4n) is 2.15. The number of amides is 2. The van der Waals surface area contributed by atoms with Crippen molar-refractivity contribution in [2.45, 2.75) is 32.4 Å². The van der Waals surface area contributed by atoms with E-state index in [1.165, 1.54) is 12.1 Å². The Morgan fingerprint density at radius 2 is 2.05 bits per heavy atom. The summed E-state index contributed by atoms with van der Waals surface area (Å²) in [6, 6.07) is 1.99. The average Bonchev–Trinajstić information content (AvgIpc) is 2.97. The maximum Gasteiger partial charge on any atom is 0.371 e. The Bertz CT molecular complexity index is 549. The SMILES string of the molecule is CC(C)N1CCC(NC(=O)c2ccc(C(=O)O)o2)C1=O. The minimum absolute atomic E-state index is 0.0895. The van der Waals surface area contributed by atoms with Crippen molar-refractivity contribution < 1.29 is 23.9 Å². The van der Waals surface area contributed by atoms with Gasteiger partial charge in [-0.1, -0.05) is 0 Å². The van der Waals surface area contributed by atoms with Crippen molar-refractivity contribution in [3.8, 4) is 0 Å². The maximum absolute atomic E-state index is 12.0. The van der Waals surface area contributed by atoms with E-state index in [0.717, 1.165) is 0 Å². The van der Waals surface area contributed by atoms with E-state index in [-0.39, 0.29) is 23.5 Å². The first kappa shape index (κ1) is 14.1. The highest BCUT2D eigenvalue weighted by atomic mass is 16.4. The van der Waals surface area contributed by atoms with E-state index in [0.29, 0.717) is 13.0 Å². The summed E-state index contributed by atoms with van der Waals surface area (Å²) in [5, 5.41) is 11.3. The first-order valence-corrected chi connectivity index (χ1v) is 6.34. The minimum Gasteiger partial charge on any atom is -0.475 e. The molecule has 2 amide bonds. The number of carbonyl (C=O) groups excluding carboxylic acids is 2. The van der Waals surface area contributed by atoms with Crippen molar-refractivity contribution in [2.75, 3.05) is 6.54 Å². The van der Waals surface area contributed by atoms with E-state index in [9.17, 15) is 14.4 Å². The zero-order chi connectivity index (χ0) is 14.9. The molecule has 20 heavy (non-hydrogen) atoms. The van der Waals surface area contributed by atoms with Crippen LogP contribution in [0.15, 0.2) is 16.5 Å². The third-order valence-electron chi connectivity index (χ3n) is 3.21. The molecule has 0 aromatic carbocycles. The van der Waals surface area contributed by atoms with E-state index >= 15 is 0 Å². The van der Waals surface area contributed by atoms with Crippen LogP contribution < -0.4 is 5.32 Å². The first-order chi connectivity index (χ1) is 9.40. The summed E-state index contributed by atoms with van der Waals surface area (Å²) in [4.78, 5) is 36.3. The number of nitrogens with one attached hydrogen (secondary N) is 1. The van der Waals surface area contributed by atoms with E-state index in [4.69, 9.17) is 9.52 Å². The van der Waals surface area contributed by atoms with Gasteiger partial charge in [0.15, 0.2) is 5.76 Å². The Hall–Kier alpha value is -2.31. The highest BCUT2D eigenvalue weighted by Crippen LogP contribution is 2.15. The van der Waals surface area contributed by atoms with Crippen LogP contribution >= 0.6 is 0 Å². The lowest BCUT2D eigenvalue weighted by atomic mass is 10.2. The molecule has 0 radical (unpaired) electrons. The van der Waals surface area contributed by atoms with E-state index in [1.54, 1.807) is 4.90 Å². The summed E-state index contributed by atoms with van der Waals surface area (Å²) < 4.78 is 4.89. The summed E-state index contributed by atoms with van der Waals surface area (Å²) in [7, 11) is 0. The van der Waals surface area contributed by atoms with Gasteiger partial charge in [0.1, 0.15) is 6.04 Å². The molecule has 108 valence electrons. The molecule has 2 rings (SSSR count). The van der Waals surface area contributed by atoms with Crippen molar-refractivity contribution in [3.63, 3.8) is 0 Å². The molecule has 1 fully saturated rings. The summed E-state index contributed by atoms with van der Waals surface area (Å²) in [5.74, 6) is -2.37. The normalized spacial score (nSPS) is 18.6. The van der Waals surface area contributed by atoms with Crippen LogP contribution in [-0.4, -0.2) is 46.4 Å².